The molecule has 3 aromatic rings. The zero-order valence-electron chi connectivity index (χ0n) is 21.1. The van der Waals surface area contributed by atoms with Crippen LogP contribution in [-0.2, 0) is 17.6 Å². The summed E-state index contributed by atoms with van der Waals surface area (Å²) < 4.78 is 17.0. The number of hydrogen-bond donors (Lipinski definition) is 2. The van der Waals surface area contributed by atoms with Gasteiger partial charge in [0.1, 0.15) is 0 Å². The molecule has 3 aromatic carbocycles. The Hall–Kier alpha value is -4.00. The van der Waals surface area contributed by atoms with Gasteiger partial charge in [0.2, 0.25) is 17.1 Å². The summed E-state index contributed by atoms with van der Waals surface area (Å²) in [7, 11) is 4.75. The van der Waals surface area contributed by atoms with E-state index in [1.54, 1.807) is 27.4 Å². The van der Waals surface area contributed by atoms with E-state index in [0.29, 0.717) is 42.3 Å². The second-order valence-corrected chi connectivity index (χ2v) is 8.76. The zero-order chi connectivity index (χ0) is 25.7. The van der Waals surface area contributed by atoms with Crippen molar-refractivity contribution in [3.8, 4) is 28.4 Å². The van der Waals surface area contributed by atoms with Crippen molar-refractivity contribution in [3.63, 3.8) is 0 Å². The third-order valence-corrected chi connectivity index (χ3v) is 6.49. The van der Waals surface area contributed by atoms with Gasteiger partial charge < -0.3 is 24.8 Å². The highest BCUT2D eigenvalue weighted by atomic mass is 16.5. The number of carbonyl (C=O) groups excluding carboxylic acids is 1. The summed E-state index contributed by atoms with van der Waals surface area (Å²) in [4.78, 5) is 25.4. The van der Waals surface area contributed by atoms with Gasteiger partial charge in [-0.3, -0.25) is 9.59 Å². The molecule has 1 amide bonds. The number of amides is 1. The maximum absolute atomic E-state index is 13.3. The number of fused-ring (bicyclic) bond motifs is 3. The van der Waals surface area contributed by atoms with E-state index in [1.165, 1.54) is 12.5 Å². The van der Waals surface area contributed by atoms with Gasteiger partial charge in [0.25, 0.3) is 0 Å². The van der Waals surface area contributed by atoms with Gasteiger partial charge in [-0.05, 0) is 59.7 Å². The van der Waals surface area contributed by atoms with Crippen LogP contribution in [0.3, 0.4) is 0 Å². The van der Waals surface area contributed by atoms with Crippen molar-refractivity contribution in [3.05, 3.63) is 81.5 Å². The molecule has 0 unspecified atom stereocenters. The Morgan fingerprint density at radius 1 is 0.972 bits per heavy atom. The molecule has 0 spiro atoms. The van der Waals surface area contributed by atoms with Crippen LogP contribution in [0, 0.1) is 0 Å². The third kappa shape index (κ3) is 5.15. The van der Waals surface area contributed by atoms with Crippen LogP contribution in [-0.4, -0.2) is 33.8 Å². The molecule has 0 saturated carbocycles. The average molecular weight is 489 g/mol. The quantitative estimate of drug-likeness (QED) is 0.485. The highest BCUT2D eigenvalue weighted by Gasteiger charge is 2.29. The van der Waals surface area contributed by atoms with Crippen molar-refractivity contribution in [2.75, 3.05) is 33.2 Å². The Morgan fingerprint density at radius 2 is 1.72 bits per heavy atom. The highest BCUT2D eigenvalue weighted by Crippen LogP contribution is 2.50. The summed E-state index contributed by atoms with van der Waals surface area (Å²) in [6, 6.07) is 17.1. The minimum absolute atomic E-state index is 0.137. The first-order valence-corrected chi connectivity index (χ1v) is 12.0. The first-order chi connectivity index (χ1) is 17.5. The lowest BCUT2D eigenvalue weighted by Crippen LogP contribution is -2.26. The molecule has 7 heteroatoms. The van der Waals surface area contributed by atoms with E-state index < -0.39 is 0 Å². The predicted octanol–water partition coefficient (Wildman–Crippen LogP) is 4.52. The third-order valence-electron chi connectivity index (χ3n) is 6.49. The zero-order valence-corrected chi connectivity index (χ0v) is 21.1. The van der Waals surface area contributed by atoms with Gasteiger partial charge in [-0.2, -0.15) is 0 Å². The molecule has 0 radical (unpaired) electrons. The molecule has 4 rings (SSSR count). The molecule has 0 aliphatic heterocycles. The number of benzene rings is 2. The van der Waals surface area contributed by atoms with Crippen molar-refractivity contribution >= 4 is 11.6 Å². The molecule has 0 bridgehead atoms. The molecule has 0 aromatic heterocycles. The van der Waals surface area contributed by atoms with Gasteiger partial charge in [-0.15, -0.1) is 0 Å². The van der Waals surface area contributed by atoms with E-state index >= 15 is 0 Å². The standard InChI is InChI=1S/C29H32N2O5/c1-18(32)31-23-12-10-20-16-26(34-2)28(35-3)29(36-4)27(20)21-11-13-24(25(33)17-22(21)23)30-15-14-19-8-6-5-7-9-19/h5-9,11,13,16-17,23H,10,12,14-15H2,1-4H3,(H,30,33)(H,31,32)/t23-/m0/s1. The molecule has 7 nitrogen and oxygen atoms in total. The number of rotatable bonds is 8. The normalized spacial score (nSPS) is 14.1. The Morgan fingerprint density at radius 3 is 2.39 bits per heavy atom. The average Bonchev–Trinajstić information content (AvgIpc) is 3.12. The second kappa shape index (κ2) is 11.2. The van der Waals surface area contributed by atoms with Crippen LogP contribution in [0.5, 0.6) is 17.2 Å². The molecule has 1 aliphatic rings. The molecular weight excluding hydrogens is 456 g/mol. The van der Waals surface area contributed by atoms with Crippen LogP contribution in [0.2, 0.25) is 0 Å². The number of carbonyl (C=O) groups is 1. The predicted molar refractivity (Wildman–Crippen MR) is 141 cm³/mol. The lowest BCUT2D eigenvalue weighted by molar-refractivity contribution is -0.119. The maximum Gasteiger partial charge on any atom is 0.217 e. The Labute approximate surface area is 211 Å². The molecule has 36 heavy (non-hydrogen) atoms. The van der Waals surface area contributed by atoms with E-state index in [2.05, 4.69) is 22.8 Å². The lowest BCUT2D eigenvalue weighted by Gasteiger charge is -2.19. The summed E-state index contributed by atoms with van der Waals surface area (Å²) >= 11 is 0. The van der Waals surface area contributed by atoms with E-state index in [4.69, 9.17) is 14.2 Å². The topological polar surface area (TPSA) is 85.9 Å². The molecule has 0 heterocycles. The van der Waals surface area contributed by atoms with Gasteiger partial charge in [0.15, 0.2) is 11.5 Å². The maximum atomic E-state index is 13.3. The summed E-state index contributed by atoms with van der Waals surface area (Å²) in [6.45, 7) is 2.11. The SMILES string of the molecule is COc1cc2c(c(OC)c1OC)-c1ccc(NCCc3ccccc3)c(=O)cc1[C@@H](NC(C)=O)CC2. The summed E-state index contributed by atoms with van der Waals surface area (Å²) in [5, 5.41) is 6.32. The Balaban J connectivity index is 1.84. The van der Waals surface area contributed by atoms with Crippen molar-refractivity contribution in [1.29, 1.82) is 0 Å². The number of aryl methyl sites for hydroxylation is 1. The fourth-order valence-corrected chi connectivity index (χ4v) is 4.84. The number of anilines is 1. The van der Waals surface area contributed by atoms with Crippen molar-refractivity contribution in [2.24, 2.45) is 0 Å². The van der Waals surface area contributed by atoms with Gasteiger partial charge in [-0.25, -0.2) is 0 Å². The van der Waals surface area contributed by atoms with Crippen molar-refractivity contribution in [1.82, 2.24) is 5.32 Å². The fraction of sp³-hybridized carbons (Fsp3) is 0.310. The minimum atomic E-state index is -0.330. The van der Waals surface area contributed by atoms with Crippen LogP contribution in [0.4, 0.5) is 5.69 Å². The Bertz CT molecular complexity index is 1310. The van der Waals surface area contributed by atoms with Gasteiger partial charge in [0, 0.05) is 19.0 Å². The number of ether oxygens (including phenoxy) is 3. The van der Waals surface area contributed by atoms with Crippen LogP contribution >= 0.6 is 0 Å². The van der Waals surface area contributed by atoms with Gasteiger partial charge >= 0.3 is 0 Å². The van der Waals surface area contributed by atoms with Crippen molar-refractivity contribution in [2.45, 2.75) is 32.2 Å². The summed E-state index contributed by atoms with van der Waals surface area (Å²) in [5.41, 5.74) is 4.95. The Kier molecular flexibility index (Phi) is 7.78. The van der Waals surface area contributed by atoms with E-state index in [-0.39, 0.29) is 17.4 Å². The molecule has 0 fully saturated rings. The largest absolute Gasteiger partial charge is 0.493 e. The lowest BCUT2D eigenvalue weighted by atomic mass is 9.95. The van der Waals surface area contributed by atoms with E-state index in [1.807, 2.05) is 36.4 Å². The van der Waals surface area contributed by atoms with E-state index in [9.17, 15) is 9.59 Å². The van der Waals surface area contributed by atoms with Gasteiger partial charge in [0.05, 0.1) is 33.1 Å². The van der Waals surface area contributed by atoms with Crippen molar-refractivity contribution < 1.29 is 19.0 Å². The first-order valence-electron chi connectivity index (χ1n) is 12.0. The van der Waals surface area contributed by atoms with Crippen LogP contribution in [0.15, 0.2) is 59.4 Å². The number of hydrogen-bond acceptors (Lipinski definition) is 6. The molecular formula is C29H32N2O5. The molecule has 1 atom stereocenters. The molecule has 0 saturated heterocycles. The van der Waals surface area contributed by atoms with E-state index in [0.717, 1.165) is 28.7 Å². The van der Waals surface area contributed by atoms with Crippen LogP contribution < -0.4 is 30.3 Å². The monoisotopic (exact) mass is 488 g/mol. The molecule has 1 aliphatic carbocycles. The molecule has 2 N–H and O–H groups in total. The van der Waals surface area contributed by atoms with Crippen LogP contribution in [0.25, 0.3) is 11.1 Å². The first kappa shape index (κ1) is 25.1. The van der Waals surface area contributed by atoms with Crippen LogP contribution in [0.1, 0.15) is 36.1 Å². The second-order valence-electron chi connectivity index (χ2n) is 8.76. The summed E-state index contributed by atoms with van der Waals surface area (Å²) in [5.74, 6) is 1.44. The summed E-state index contributed by atoms with van der Waals surface area (Å²) in [6.07, 6.45) is 2.07. The number of nitrogens with one attached hydrogen (secondary N) is 2. The number of methoxy groups -OCH3 is 3. The minimum Gasteiger partial charge on any atom is -0.493 e. The molecule has 188 valence electrons. The fourth-order valence-electron chi connectivity index (χ4n) is 4.84. The smallest absolute Gasteiger partial charge is 0.217 e. The highest BCUT2D eigenvalue weighted by molar-refractivity contribution is 5.83. The van der Waals surface area contributed by atoms with Gasteiger partial charge in [-0.1, -0.05) is 36.4 Å².